The van der Waals surface area contributed by atoms with Crippen LogP contribution >= 0.6 is 0 Å². The summed E-state index contributed by atoms with van der Waals surface area (Å²) in [5.41, 5.74) is 0.747. The minimum Gasteiger partial charge on any atom is -0.504 e. The van der Waals surface area contributed by atoms with Crippen LogP contribution in [0.4, 0.5) is 8.78 Å². The molecular weight excluding hydrogens is 316 g/mol. The summed E-state index contributed by atoms with van der Waals surface area (Å²) in [7, 11) is 0. The first-order valence-corrected chi connectivity index (χ1v) is 7.70. The van der Waals surface area contributed by atoms with Crippen LogP contribution in [0.5, 0.6) is 11.5 Å². The van der Waals surface area contributed by atoms with E-state index in [0.717, 1.165) is 12.5 Å². The molecule has 0 spiro atoms. The number of nitrogens with zero attached hydrogens (tertiary/aromatic N) is 1. The second-order valence-electron chi connectivity index (χ2n) is 6.03. The summed E-state index contributed by atoms with van der Waals surface area (Å²) in [6, 6.07) is 8.09. The molecule has 4 nitrogen and oxygen atoms in total. The number of hydrogen-bond acceptors (Lipinski definition) is 3. The molecule has 2 aromatic rings. The highest BCUT2D eigenvalue weighted by molar-refractivity contribution is 5.97. The molecule has 3 rings (SSSR count). The second-order valence-corrected chi connectivity index (χ2v) is 6.03. The number of phenolic OH excluding ortho intramolecular Hbond substituents is 2. The molecule has 6 heteroatoms. The topological polar surface area (TPSA) is 60.8 Å². The maximum atomic E-state index is 13.3. The summed E-state index contributed by atoms with van der Waals surface area (Å²) in [6.07, 6.45) is 1.29. The molecule has 1 atom stereocenters. The number of para-hydroxylation sites is 1. The largest absolute Gasteiger partial charge is 0.504 e. The Morgan fingerprint density at radius 3 is 2.71 bits per heavy atom. The lowest BCUT2D eigenvalue weighted by Gasteiger charge is -2.17. The highest BCUT2D eigenvalue weighted by Crippen LogP contribution is 2.31. The van der Waals surface area contributed by atoms with Gasteiger partial charge in [-0.05, 0) is 48.6 Å². The van der Waals surface area contributed by atoms with Gasteiger partial charge in [-0.15, -0.1) is 0 Å². The molecule has 0 bridgehead atoms. The van der Waals surface area contributed by atoms with Crippen molar-refractivity contribution in [1.82, 2.24) is 4.90 Å². The third-order valence-corrected chi connectivity index (χ3v) is 4.33. The Kier molecular flexibility index (Phi) is 4.38. The van der Waals surface area contributed by atoms with Gasteiger partial charge in [0.05, 0.1) is 5.56 Å². The van der Waals surface area contributed by atoms with E-state index in [0.29, 0.717) is 25.1 Å². The Morgan fingerprint density at radius 1 is 1.17 bits per heavy atom. The third-order valence-electron chi connectivity index (χ3n) is 4.33. The summed E-state index contributed by atoms with van der Waals surface area (Å²) >= 11 is 0. The van der Waals surface area contributed by atoms with E-state index < -0.39 is 17.4 Å². The molecule has 24 heavy (non-hydrogen) atoms. The molecule has 1 unspecified atom stereocenters. The Morgan fingerprint density at radius 2 is 1.96 bits per heavy atom. The lowest BCUT2D eigenvalue weighted by Crippen LogP contribution is -2.29. The highest BCUT2D eigenvalue weighted by Gasteiger charge is 2.29. The van der Waals surface area contributed by atoms with Crippen LogP contribution in [0.3, 0.4) is 0 Å². The normalized spacial score (nSPS) is 17.2. The highest BCUT2D eigenvalue weighted by atomic mass is 19.2. The molecule has 2 N–H and O–H groups in total. The standard InChI is InChI=1S/C18H17F2NO3/c19-14-5-4-11(9-15(14)20)8-12-6-7-21(10-12)18(24)13-2-1-3-16(22)17(13)23/h1-5,9,12,22-23H,6-8,10H2. The fourth-order valence-electron chi connectivity index (χ4n) is 3.06. The van der Waals surface area contributed by atoms with Crippen molar-refractivity contribution in [3.8, 4) is 11.5 Å². The van der Waals surface area contributed by atoms with Crippen LogP contribution in [0.15, 0.2) is 36.4 Å². The number of carbonyl (C=O) groups excluding carboxylic acids is 1. The lowest BCUT2D eigenvalue weighted by molar-refractivity contribution is 0.0783. The zero-order valence-corrected chi connectivity index (χ0v) is 12.9. The summed E-state index contributed by atoms with van der Waals surface area (Å²) < 4.78 is 26.2. The Bertz CT molecular complexity index is 779. The first-order valence-electron chi connectivity index (χ1n) is 7.70. The van der Waals surface area contributed by atoms with E-state index in [1.54, 1.807) is 11.0 Å². The van der Waals surface area contributed by atoms with Crippen LogP contribution in [0, 0.1) is 17.6 Å². The van der Waals surface area contributed by atoms with Crippen molar-refractivity contribution >= 4 is 5.91 Å². The van der Waals surface area contributed by atoms with E-state index in [1.165, 1.54) is 24.3 Å². The Balaban J connectivity index is 1.67. The number of benzene rings is 2. The van der Waals surface area contributed by atoms with Gasteiger partial charge in [0.2, 0.25) is 0 Å². The van der Waals surface area contributed by atoms with Gasteiger partial charge in [-0.3, -0.25) is 4.79 Å². The van der Waals surface area contributed by atoms with Crippen LogP contribution in [-0.4, -0.2) is 34.1 Å². The van der Waals surface area contributed by atoms with Crippen molar-refractivity contribution in [1.29, 1.82) is 0 Å². The Labute approximate surface area is 138 Å². The number of likely N-dealkylation sites (tertiary alicyclic amines) is 1. The summed E-state index contributed by atoms with van der Waals surface area (Å²) in [5, 5.41) is 19.3. The summed E-state index contributed by atoms with van der Waals surface area (Å²) in [5.74, 6) is -2.72. The van der Waals surface area contributed by atoms with E-state index in [9.17, 15) is 23.8 Å². The van der Waals surface area contributed by atoms with Crippen molar-refractivity contribution in [3.05, 3.63) is 59.2 Å². The zero-order chi connectivity index (χ0) is 17.3. The number of halogens is 2. The van der Waals surface area contributed by atoms with Crippen LogP contribution < -0.4 is 0 Å². The molecule has 1 amide bonds. The minimum absolute atomic E-state index is 0.0588. The van der Waals surface area contributed by atoms with E-state index >= 15 is 0 Å². The van der Waals surface area contributed by atoms with Crippen molar-refractivity contribution < 1.29 is 23.8 Å². The molecule has 1 aliphatic heterocycles. The molecule has 0 radical (unpaired) electrons. The van der Waals surface area contributed by atoms with Gasteiger partial charge in [0.15, 0.2) is 23.1 Å². The molecule has 2 aromatic carbocycles. The molecule has 0 saturated carbocycles. The minimum atomic E-state index is -0.874. The number of rotatable bonds is 3. The van der Waals surface area contributed by atoms with Gasteiger partial charge in [0.25, 0.3) is 5.91 Å². The average molecular weight is 333 g/mol. The number of aromatic hydroxyl groups is 2. The molecule has 1 fully saturated rings. The van der Waals surface area contributed by atoms with E-state index in [2.05, 4.69) is 0 Å². The van der Waals surface area contributed by atoms with Gasteiger partial charge in [0.1, 0.15) is 0 Å². The fraction of sp³-hybridized carbons (Fsp3) is 0.278. The summed E-state index contributed by atoms with van der Waals surface area (Å²) in [6.45, 7) is 0.981. The first kappa shape index (κ1) is 16.2. The molecule has 0 aromatic heterocycles. The SMILES string of the molecule is O=C(c1cccc(O)c1O)N1CCC(Cc2ccc(F)c(F)c2)C1. The smallest absolute Gasteiger partial charge is 0.257 e. The molecule has 0 aliphatic carbocycles. The quantitative estimate of drug-likeness (QED) is 0.849. The maximum absolute atomic E-state index is 13.3. The molecule has 1 aliphatic rings. The van der Waals surface area contributed by atoms with E-state index in [-0.39, 0.29) is 23.1 Å². The molecular formula is C18H17F2NO3. The van der Waals surface area contributed by atoms with Gasteiger partial charge in [-0.25, -0.2) is 8.78 Å². The van der Waals surface area contributed by atoms with Crippen molar-refractivity contribution in [2.24, 2.45) is 5.92 Å². The zero-order valence-electron chi connectivity index (χ0n) is 12.9. The lowest BCUT2D eigenvalue weighted by atomic mass is 9.98. The summed E-state index contributed by atoms with van der Waals surface area (Å²) in [4.78, 5) is 14.1. The van der Waals surface area contributed by atoms with Gasteiger partial charge >= 0.3 is 0 Å². The monoisotopic (exact) mass is 333 g/mol. The van der Waals surface area contributed by atoms with E-state index in [1.807, 2.05) is 0 Å². The predicted molar refractivity (Wildman–Crippen MR) is 83.8 cm³/mol. The number of hydrogen-bond donors (Lipinski definition) is 2. The predicted octanol–water partition coefficient (Wildman–Crippen LogP) is 3.08. The number of carbonyl (C=O) groups is 1. The van der Waals surface area contributed by atoms with Gasteiger partial charge < -0.3 is 15.1 Å². The van der Waals surface area contributed by atoms with Gasteiger partial charge in [-0.2, -0.15) is 0 Å². The van der Waals surface area contributed by atoms with Crippen LogP contribution in [-0.2, 0) is 6.42 Å². The second kappa shape index (κ2) is 6.47. The van der Waals surface area contributed by atoms with Gasteiger partial charge in [0, 0.05) is 13.1 Å². The molecule has 1 saturated heterocycles. The number of amides is 1. The fourth-order valence-corrected chi connectivity index (χ4v) is 3.06. The van der Waals surface area contributed by atoms with Crippen molar-refractivity contribution in [2.45, 2.75) is 12.8 Å². The average Bonchev–Trinajstić information content (AvgIpc) is 3.01. The third kappa shape index (κ3) is 3.18. The van der Waals surface area contributed by atoms with Crippen LogP contribution in [0.2, 0.25) is 0 Å². The molecule has 126 valence electrons. The maximum Gasteiger partial charge on any atom is 0.257 e. The van der Waals surface area contributed by atoms with Crippen molar-refractivity contribution in [2.75, 3.05) is 13.1 Å². The van der Waals surface area contributed by atoms with Crippen molar-refractivity contribution in [3.63, 3.8) is 0 Å². The van der Waals surface area contributed by atoms with Crippen LogP contribution in [0.1, 0.15) is 22.3 Å². The Hall–Kier alpha value is -2.63. The van der Waals surface area contributed by atoms with Gasteiger partial charge in [-0.1, -0.05) is 12.1 Å². The van der Waals surface area contributed by atoms with Crippen LogP contribution in [0.25, 0.3) is 0 Å². The number of phenols is 2. The van der Waals surface area contributed by atoms with E-state index in [4.69, 9.17) is 0 Å². The first-order chi connectivity index (χ1) is 11.5. The molecule has 1 heterocycles.